The molecule has 2 N–H and O–H groups in total. The van der Waals surface area contributed by atoms with Crippen LogP contribution in [-0.2, 0) is 22.7 Å². The van der Waals surface area contributed by atoms with Gasteiger partial charge in [0, 0.05) is 64.7 Å². The standard InChI is InChI=1S/C42H40ClN9O3S/c1-23-35(56-42-37(23)38(28-10-12-29(43)13-11-28)45-24(2)39-49-48-25(3)52(39)42)17-9-27-19-44-50(21-27)20-26-7-14-30(15-8-26)46-33-6-4-5-31-32(33)22-51(41(31)55)34-16-18-36(53)47-40(34)54/h4-6,10-13,19,21,24,26,30,34,46H,7-8,14-16,18,20,22H2,1-3H3,(H,47,53,54)/t24-,26-,30-,34?/m0/s1. The van der Waals surface area contributed by atoms with Crippen molar-refractivity contribution in [3.8, 4) is 16.8 Å². The highest BCUT2D eigenvalue weighted by Crippen LogP contribution is 2.39. The molecule has 1 aliphatic carbocycles. The van der Waals surface area contributed by atoms with Crippen LogP contribution in [0.15, 0.2) is 59.9 Å². The third kappa shape index (κ3) is 6.60. The van der Waals surface area contributed by atoms with Crippen molar-refractivity contribution in [3.05, 3.63) is 110 Å². The van der Waals surface area contributed by atoms with Crippen LogP contribution in [0.5, 0.6) is 0 Å². The van der Waals surface area contributed by atoms with Crippen LogP contribution in [0.4, 0.5) is 5.69 Å². The maximum absolute atomic E-state index is 13.3. The van der Waals surface area contributed by atoms with Gasteiger partial charge in [-0.05, 0) is 88.6 Å². The third-order valence-electron chi connectivity index (χ3n) is 11.4. The summed E-state index contributed by atoms with van der Waals surface area (Å²) in [6.07, 6.45) is 8.58. The van der Waals surface area contributed by atoms with Crippen LogP contribution in [0.2, 0.25) is 5.02 Å². The number of halogens is 1. The molecule has 0 bridgehead atoms. The fraction of sp³-hybridized carbons (Fsp3) is 0.357. The van der Waals surface area contributed by atoms with Crippen molar-refractivity contribution in [1.82, 2.24) is 34.8 Å². The number of aromatic nitrogens is 5. The normalized spacial score (nSPS) is 21.7. The van der Waals surface area contributed by atoms with Gasteiger partial charge in [-0.15, -0.1) is 21.5 Å². The molecule has 0 spiro atoms. The first-order chi connectivity index (χ1) is 27.1. The van der Waals surface area contributed by atoms with E-state index in [1.54, 1.807) is 16.2 Å². The second-order valence-electron chi connectivity index (χ2n) is 15.1. The van der Waals surface area contributed by atoms with Crippen LogP contribution in [0, 0.1) is 31.6 Å². The topological polar surface area (TPSA) is 139 Å². The van der Waals surface area contributed by atoms with Gasteiger partial charge in [-0.3, -0.25) is 33.9 Å². The molecule has 3 aromatic heterocycles. The lowest BCUT2D eigenvalue weighted by Gasteiger charge is -2.31. The number of amides is 3. The zero-order chi connectivity index (χ0) is 38.7. The Morgan fingerprint density at radius 1 is 1.00 bits per heavy atom. The molecule has 5 aromatic rings. The Bertz CT molecular complexity index is 2500. The third-order valence-corrected chi connectivity index (χ3v) is 12.9. The van der Waals surface area contributed by atoms with E-state index in [1.807, 2.05) is 73.4 Å². The summed E-state index contributed by atoms with van der Waals surface area (Å²) in [5.74, 6) is 8.10. The number of carbonyl (C=O) groups excluding carboxylic acids is 3. The van der Waals surface area contributed by atoms with Gasteiger partial charge in [-0.25, -0.2) is 0 Å². The Balaban J connectivity index is 0.859. The monoisotopic (exact) mass is 785 g/mol. The number of nitrogens with one attached hydrogen (secondary N) is 2. The van der Waals surface area contributed by atoms with Gasteiger partial charge in [-0.1, -0.05) is 41.6 Å². The lowest BCUT2D eigenvalue weighted by atomic mass is 9.85. The Morgan fingerprint density at radius 2 is 1.80 bits per heavy atom. The van der Waals surface area contributed by atoms with Gasteiger partial charge in [-0.2, -0.15) is 5.10 Å². The Morgan fingerprint density at radius 3 is 2.59 bits per heavy atom. The van der Waals surface area contributed by atoms with E-state index in [0.717, 1.165) is 93.0 Å². The SMILES string of the molecule is Cc1c(C#Cc2cnn(C[C@H]3CC[C@H](Nc4cccc5c4CN(C4CCC(=O)NC4=O)C5=O)CC3)c2)sc2c1C(c1ccc(Cl)cc1)=N[C@@H](C)c1nnc(C)n1-2. The number of fused-ring (bicyclic) bond motifs is 4. The molecule has 14 heteroatoms. The predicted molar refractivity (Wildman–Crippen MR) is 214 cm³/mol. The predicted octanol–water partition coefficient (Wildman–Crippen LogP) is 6.54. The molecule has 2 fully saturated rings. The molecule has 9 rings (SSSR count). The largest absolute Gasteiger partial charge is 0.382 e. The van der Waals surface area contributed by atoms with Crippen LogP contribution >= 0.6 is 22.9 Å². The number of aryl methyl sites for hydroxylation is 1. The second kappa shape index (κ2) is 14.5. The number of imide groups is 1. The van der Waals surface area contributed by atoms with E-state index in [1.165, 1.54) is 0 Å². The fourth-order valence-electron chi connectivity index (χ4n) is 8.45. The molecule has 1 saturated carbocycles. The number of anilines is 1. The van der Waals surface area contributed by atoms with Gasteiger partial charge in [0.25, 0.3) is 5.91 Å². The van der Waals surface area contributed by atoms with Gasteiger partial charge in [0.2, 0.25) is 11.8 Å². The number of nitrogens with zero attached hydrogens (tertiary/aromatic N) is 7. The molecule has 0 radical (unpaired) electrons. The summed E-state index contributed by atoms with van der Waals surface area (Å²) in [7, 11) is 0. The molecule has 1 unspecified atom stereocenters. The van der Waals surface area contributed by atoms with E-state index in [4.69, 9.17) is 16.6 Å². The highest BCUT2D eigenvalue weighted by Gasteiger charge is 2.40. The average Bonchev–Trinajstić information content (AvgIpc) is 3.94. The summed E-state index contributed by atoms with van der Waals surface area (Å²) in [5, 5.41) is 21.4. The molecule has 56 heavy (non-hydrogen) atoms. The van der Waals surface area contributed by atoms with Gasteiger partial charge < -0.3 is 10.2 Å². The Hall–Kier alpha value is -5.58. The number of hydrogen-bond donors (Lipinski definition) is 2. The first kappa shape index (κ1) is 36.1. The van der Waals surface area contributed by atoms with E-state index in [2.05, 4.69) is 49.3 Å². The van der Waals surface area contributed by atoms with Crippen LogP contribution in [-0.4, -0.2) is 65.0 Å². The van der Waals surface area contributed by atoms with Crippen LogP contribution in [0.25, 0.3) is 5.00 Å². The van der Waals surface area contributed by atoms with E-state index < -0.39 is 11.9 Å². The Kier molecular flexibility index (Phi) is 9.34. The molecule has 284 valence electrons. The van der Waals surface area contributed by atoms with E-state index in [9.17, 15) is 14.4 Å². The van der Waals surface area contributed by atoms with E-state index >= 15 is 0 Å². The molecule has 3 aliphatic heterocycles. The summed E-state index contributed by atoms with van der Waals surface area (Å²) in [4.78, 5) is 45.2. The molecule has 3 amide bonds. The van der Waals surface area contributed by atoms with Gasteiger partial charge >= 0.3 is 0 Å². The molecular weight excluding hydrogens is 746 g/mol. The summed E-state index contributed by atoms with van der Waals surface area (Å²) >= 11 is 7.88. The summed E-state index contributed by atoms with van der Waals surface area (Å²) in [5.41, 5.74) is 7.35. The summed E-state index contributed by atoms with van der Waals surface area (Å²) < 4.78 is 4.13. The Labute approximate surface area is 333 Å². The molecule has 4 aliphatic rings. The van der Waals surface area contributed by atoms with Crippen molar-refractivity contribution in [1.29, 1.82) is 0 Å². The van der Waals surface area contributed by atoms with Crippen LogP contribution < -0.4 is 10.6 Å². The molecule has 12 nitrogen and oxygen atoms in total. The second-order valence-corrected chi connectivity index (χ2v) is 16.6. The minimum Gasteiger partial charge on any atom is -0.382 e. The zero-order valence-corrected chi connectivity index (χ0v) is 32.9. The van der Waals surface area contributed by atoms with Crippen molar-refractivity contribution < 1.29 is 14.4 Å². The van der Waals surface area contributed by atoms with Crippen LogP contribution in [0.3, 0.4) is 0 Å². The number of benzene rings is 2. The van der Waals surface area contributed by atoms with Crippen molar-refractivity contribution >= 4 is 52.1 Å². The number of piperidine rings is 1. The molecule has 1 saturated heterocycles. The van der Waals surface area contributed by atoms with Crippen molar-refractivity contribution in [2.75, 3.05) is 5.32 Å². The summed E-state index contributed by atoms with van der Waals surface area (Å²) in [6, 6.07) is 13.0. The average molecular weight is 786 g/mol. The first-order valence-electron chi connectivity index (χ1n) is 19.1. The molecule has 6 heterocycles. The number of thiophene rings is 1. The smallest absolute Gasteiger partial charge is 0.255 e. The molecular formula is C42H40ClN9O3S. The number of aliphatic imine (C=N–C) groups is 1. The number of rotatable bonds is 6. The molecule has 2 atom stereocenters. The quantitative estimate of drug-likeness (QED) is 0.147. The maximum Gasteiger partial charge on any atom is 0.255 e. The number of carbonyl (C=O) groups is 3. The van der Waals surface area contributed by atoms with Gasteiger partial charge in [0.1, 0.15) is 22.9 Å². The lowest BCUT2D eigenvalue weighted by molar-refractivity contribution is -0.136. The zero-order valence-electron chi connectivity index (χ0n) is 31.3. The summed E-state index contributed by atoms with van der Waals surface area (Å²) in [6.45, 7) is 7.30. The van der Waals surface area contributed by atoms with Gasteiger partial charge in [0.05, 0.1) is 22.3 Å². The van der Waals surface area contributed by atoms with Crippen molar-refractivity contribution in [2.45, 2.75) is 90.5 Å². The van der Waals surface area contributed by atoms with Gasteiger partial charge in [0.15, 0.2) is 5.82 Å². The van der Waals surface area contributed by atoms with Crippen LogP contribution in [0.1, 0.15) is 106 Å². The minimum absolute atomic E-state index is 0.154. The number of hydrogen-bond acceptors (Lipinski definition) is 9. The lowest BCUT2D eigenvalue weighted by Crippen LogP contribution is -2.52. The fourth-order valence-corrected chi connectivity index (χ4v) is 9.79. The first-order valence-corrected chi connectivity index (χ1v) is 20.3. The minimum atomic E-state index is -0.624. The maximum atomic E-state index is 13.3. The van der Waals surface area contributed by atoms with E-state index in [-0.39, 0.29) is 30.3 Å². The van der Waals surface area contributed by atoms with Crippen molar-refractivity contribution in [3.63, 3.8) is 0 Å². The molecule has 2 aromatic carbocycles. The highest BCUT2D eigenvalue weighted by atomic mass is 35.5. The van der Waals surface area contributed by atoms with E-state index in [0.29, 0.717) is 29.5 Å². The highest BCUT2D eigenvalue weighted by molar-refractivity contribution is 7.15. The van der Waals surface area contributed by atoms with Crippen molar-refractivity contribution in [2.24, 2.45) is 10.9 Å².